The van der Waals surface area contributed by atoms with Gasteiger partial charge in [-0.3, -0.25) is 9.59 Å². The molecule has 0 spiro atoms. The fraction of sp³-hybridized carbons (Fsp3) is 0.267. The minimum atomic E-state index is -0.341. The first kappa shape index (κ1) is 22.9. The molecule has 5 heteroatoms. The van der Waals surface area contributed by atoms with Crippen molar-refractivity contribution in [1.29, 1.82) is 0 Å². The highest BCUT2D eigenvalue weighted by molar-refractivity contribution is 6.46. The Balaban J connectivity index is 1.50. The van der Waals surface area contributed by atoms with Gasteiger partial charge < -0.3 is 10.2 Å². The number of rotatable bonds is 6. The zero-order valence-corrected chi connectivity index (χ0v) is 20.5. The van der Waals surface area contributed by atoms with Crippen molar-refractivity contribution in [3.63, 3.8) is 0 Å². The average Bonchev–Trinajstić information content (AvgIpc) is 3.48. The highest BCUT2D eigenvalue weighted by atomic mass is 16.2. The summed E-state index contributed by atoms with van der Waals surface area (Å²) in [6.07, 6.45) is 2.44. The molecule has 0 aromatic heterocycles. The van der Waals surface area contributed by atoms with Crippen LogP contribution in [0.5, 0.6) is 0 Å². The maximum atomic E-state index is 13.6. The molecule has 1 N–H and O–H groups in total. The maximum absolute atomic E-state index is 13.6. The van der Waals surface area contributed by atoms with E-state index in [1.807, 2.05) is 67.6 Å². The van der Waals surface area contributed by atoms with Gasteiger partial charge in [-0.05, 0) is 73.2 Å². The molecule has 2 aliphatic heterocycles. The van der Waals surface area contributed by atoms with Gasteiger partial charge in [0.1, 0.15) is 5.70 Å². The van der Waals surface area contributed by atoms with Crippen LogP contribution in [0.3, 0.4) is 0 Å². The Morgan fingerprint density at radius 1 is 0.743 bits per heavy atom. The number of imide groups is 1. The molecule has 0 bridgehead atoms. The van der Waals surface area contributed by atoms with Gasteiger partial charge in [0.15, 0.2) is 0 Å². The molecule has 2 aliphatic rings. The first-order chi connectivity index (χ1) is 16.9. The van der Waals surface area contributed by atoms with Gasteiger partial charge in [-0.1, -0.05) is 55.8 Å². The molecule has 0 unspecified atom stereocenters. The molecule has 0 radical (unpaired) electrons. The number of aryl methyl sites for hydroxylation is 1. The van der Waals surface area contributed by atoms with E-state index in [1.165, 1.54) is 23.4 Å². The number of hydrogen-bond acceptors (Lipinski definition) is 4. The SMILES string of the molecule is Cc1ccc(C2=C(Nc3ccc(N4CCCC4)cc3)C(=O)N(c3ccc(C(C)C)cc3)C2=O)cc1. The molecular formula is C30H31N3O2. The van der Waals surface area contributed by atoms with Crippen LogP contribution in [0.1, 0.15) is 49.3 Å². The molecule has 5 nitrogen and oxygen atoms in total. The second kappa shape index (κ2) is 9.41. The third kappa shape index (κ3) is 4.46. The third-order valence-corrected chi connectivity index (χ3v) is 6.85. The van der Waals surface area contributed by atoms with Crippen molar-refractivity contribution in [2.45, 2.75) is 39.5 Å². The molecule has 2 heterocycles. The van der Waals surface area contributed by atoms with E-state index < -0.39 is 0 Å². The number of benzene rings is 3. The van der Waals surface area contributed by atoms with E-state index in [0.29, 0.717) is 22.9 Å². The molecule has 3 aromatic rings. The van der Waals surface area contributed by atoms with E-state index in [0.717, 1.165) is 35.5 Å². The predicted molar refractivity (Wildman–Crippen MR) is 143 cm³/mol. The Hall–Kier alpha value is -3.86. The second-order valence-electron chi connectivity index (χ2n) is 9.67. The van der Waals surface area contributed by atoms with E-state index in [2.05, 4.69) is 36.2 Å². The summed E-state index contributed by atoms with van der Waals surface area (Å²) in [7, 11) is 0. The summed E-state index contributed by atoms with van der Waals surface area (Å²) >= 11 is 0. The van der Waals surface area contributed by atoms with Crippen molar-refractivity contribution in [2.24, 2.45) is 0 Å². The summed E-state index contributed by atoms with van der Waals surface area (Å²) in [5.41, 5.74) is 6.23. The number of nitrogens with one attached hydrogen (secondary N) is 1. The molecule has 2 amide bonds. The minimum absolute atomic E-state index is 0.306. The van der Waals surface area contributed by atoms with E-state index >= 15 is 0 Å². The molecule has 3 aromatic carbocycles. The normalized spacial score (nSPS) is 16.1. The summed E-state index contributed by atoms with van der Waals surface area (Å²) in [5.74, 6) is -0.283. The van der Waals surface area contributed by atoms with E-state index in [9.17, 15) is 9.59 Å². The van der Waals surface area contributed by atoms with Gasteiger partial charge in [0.2, 0.25) is 0 Å². The van der Waals surface area contributed by atoms with Crippen LogP contribution < -0.4 is 15.1 Å². The molecule has 5 rings (SSSR count). The second-order valence-corrected chi connectivity index (χ2v) is 9.67. The molecule has 0 saturated carbocycles. The number of anilines is 3. The van der Waals surface area contributed by atoms with Crippen LogP contribution in [0.25, 0.3) is 5.57 Å². The lowest BCUT2D eigenvalue weighted by molar-refractivity contribution is -0.120. The predicted octanol–water partition coefficient (Wildman–Crippen LogP) is 6.12. The van der Waals surface area contributed by atoms with Crippen molar-refractivity contribution < 1.29 is 9.59 Å². The number of hydrogen-bond donors (Lipinski definition) is 1. The van der Waals surface area contributed by atoms with Gasteiger partial charge >= 0.3 is 0 Å². The third-order valence-electron chi connectivity index (χ3n) is 6.85. The van der Waals surface area contributed by atoms with Gasteiger partial charge in [0.05, 0.1) is 11.3 Å². The monoisotopic (exact) mass is 465 g/mol. The topological polar surface area (TPSA) is 52.7 Å². The number of amides is 2. The van der Waals surface area contributed by atoms with Crippen molar-refractivity contribution >= 4 is 34.4 Å². The van der Waals surface area contributed by atoms with Crippen LogP contribution in [0.2, 0.25) is 0 Å². The average molecular weight is 466 g/mol. The summed E-state index contributed by atoms with van der Waals surface area (Å²) in [4.78, 5) is 30.9. The number of nitrogens with zero attached hydrogens (tertiary/aromatic N) is 2. The fourth-order valence-corrected chi connectivity index (χ4v) is 4.75. The van der Waals surface area contributed by atoms with Crippen LogP contribution in [0.15, 0.2) is 78.5 Å². The molecule has 1 saturated heterocycles. The number of carbonyl (C=O) groups excluding carboxylic acids is 2. The van der Waals surface area contributed by atoms with Crippen LogP contribution >= 0.6 is 0 Å². The van der Waals surface area contributed by atoms with Gasteiger partial charge in [0, 0.05) is 24.5 Å². The zero-order valence-electron chi connectivity index (χ0n) is 20.5. The Bertz CT molecular complexity index is 1270. The van der Waals surface area contributed by atoms with Crippen LogP contribution in [-0.2, 0) is 9.59 Å². The lowest BCUT2D eigenvalue weighted by Gasteiger charge is -2.18. The highest BCUT2D eigenvalue weighted by Crippen LogP contribution is 2.35. The zero-order chi connectivity index (χ0) is 24.5. The Morgan fingerprint density at radius 2 is 1.34 bits per heavy atom. The van der Waals surface area contributed by atoms with Crippen molar-refractivity contribution in [3.8, 4) is 0 Å². The van der Waals surface area contributed by atoms with E-state index in [1.54, 1.807) is 0 Å². The molecule has 35 heavy (non-hydrogen) atoms. The van der Waals surface area contributed by atoms with E-state index in [-0.39, 0.29) is 11.8 Å². The van der Waals surface area contributed by atoms with Gasteiger partial charge in [-0.15, -0.1) is 0 Å². The Labute approximate surface area is 207 Å². The summed E-state index contributed by atoms with van der Waals surface area (Å²) < 4.78 is 0. The Morgan fingerprint density at radius 3 is 1.94 bits per heavy atom. The maximum Gasteiger partial charge on any atom is 0.282 e. The van der Waals surface area contributed by atoms with Crippen molar-refractivity contribution in [2.75, 3.05) is 28.2 Å². The van der Waals surface area contributed by atoms with Crippen LogP contribution in [0, 0.1) is 6.92 Å². The molecule has 1 fully saturated rings. The van der Waals surface area contributed by atoms with Crippen molar-refractivity contribution in [1.82, 2.24) is 0 Å². The lowest BCUT2D eigenvalue weighted by Crippen LogP contribution is -2.32. The highest BCUT2D eigenvalue weighted by Gasteiger charge is 2.40. The summed E-state index contributed by atoms with van der Waals surface area (Å²) in [5, 5.41) is 3.28. The molecule has 178 valence electrons. The molecular weight excluding hydrogens is 434 g/mol. The largest absolute Gasteiger partial charge is 0.372 e. The minimum Gasteiger partial charge on any atom is -0.372 e. The van der Waals surface area contributed by atoms with Gasteiger partial charge in [0.25, 0.3) is 11.8 Å². The smallest absolute Gasteiger partial charge is 0.282 e. The fourth-order valence-electron chi connectivity index (χ4n) is 4.75. The molecule has 0 aliphatic carbocycles. The van der Waals surface area contributed by atoms with Gasteiger partial charge in [-0.2, -0.15) is 0 Å². The van der Waals surface area contributed by atoms with Crippen LogP contribution in [-0.4, -0.2) is 24.9 Å². The van der Waals surface area contributed by atoms with E-state index in [4.69, 9.17) is 0 Å². The number of carbonyl (C=O) groups is 2. The van der Waals surface area contributed by atoms with Crippen LogP contribution in [0.4, 0.5) is 17.1 Å². The summed E-state index contributed by atoms with van der Waals surface area (Å²) in [6, 6.07) is 23.5. The molecule has 0 atom stereocenters. The Kier molecular flexibility index (Phi) is 6.16. The van der Waals surface area contributed by atoms with Crippen molar-refractivity contribution in [3.05, 3.63) is 95.2 Å². The van der Waals surface area contributed by atoms with Gasteiger partial charge in [-0.25, -0.2) is 4.90 Å². The first-order valence-electron chi connectivity index (χ1n) is 12.3. The first-order valence-corrected chi connectivity index (χ1v) is 12.3. The summed E-state index contributed by atoms with van der Waals surface area (Å²) in [6.45, 7) is 8.40. The standard InChI is InChI=1S/C30H31N3O2/c1-20(2)22-10-14-26(15-11-22)33-29(34)27(23-8-6-21(3)7-9-23)28(30(33)35)31-24-12-16-25(17-13-24)32-18-4-5-19-32/h6-17,20,31H,4-5,18-19H2,1-3H3. The lowest BCUT2D eigenvalue weighted by atomic mass is 10.0. The quantitative estimate of drug-likeness (QED) is 0.446.